The monoisotopic (exact) mass is 281 g/mol. The van der Waals surface area contributed by atoms with Gasteiger partial charge in [-0.25, -0.2) is 4.79 Å². The molecule has 2 aromatic heterocycles. The summed E-state index contributed by atoms with van der Waals surface area (Å²) in [5.74, 6) is -1.26. The molecule has 0 aliphatic heterocycles. The van der Waals surface area contributed by atoms with Gasteiger partial charge >= 0.3 is 5.69 Å². The van der Waals surface area contributed by atoms with Crippen LogP contribution < -0.4 is 5.69 Å². The molecular weight excluding hydrogens is 274 g/mol. The first kappa shape index (κ1) is 12.5. The molecule has 18 heavy (non-hydrogen) atoms. The second-order valence-electron chi connectivity index (χ2n) is 3.32. The van der Waals surface area contributed by atoms with Crippen molar-refractivity contribution in [3.05, 3.63) is 46.3 Å². The standard InChI is InChI=1S/C10H7N3O3S2/c14-7(5-2-1-3-11-4-5)13-8(15)6(9(17)18)12-10(13)16/h1-4,15H,(H,12,16)(H,17,18). The lowest BCUT2D eigenvalue weighted by atomic mass is 10.3. The lowest BCUT2D eigenvalue weighted by molar-refractivity contribution is 0.0947. The summed E-state index contributed by atoms with van der Waals surface area (Å²) in [6.45, 7) is 0. The largest absolute Gasteiger partial charge is 0.493 e. The van der Waals surface area contributed by atoms with Crippen molar-refractivity contribution in [2.75, 3.05) is 0 Å². The van der Waals surface area contributed by atoms with Crippen LogP contribution in [0.4, 0.5) is 0 Å². The molecule has 6 nitrogen and oxygen atoms in total. The van der Waals surface area contributed by atoms with Crippen LogP contribution in [0.2, 0.25) is 0 Å². The zero-order valence-corrected chi connectivity index (χ0v) is 10.5. The number of carbonyl (C=O) groups excluding carboxylic acids is 1. The molecule has 0 aliphatic rings. The van der Waals surface area contributed by atoms with Crippen LogP contribution >= 0.6 is 24.8 Å². The van der Waals surface area contributed by atoms with Gasteiger partial charge in [0, 0.05) is 12.4 Å². The van der Waals surface area contributed by atoms with E-state index in [1.165, 1.54) is 18.5 Å². The number of imidazole rings is 1. The van der Waals surface area contributed by atoms with Crippen LogP contribution in [0.25, 0.3) is 0 Å². The van der Waals surface area contributed by atoms with Crippen LogP contribution in [0, 0.1) is 0 Å². The summed E-state index contributed by atoms with van der Waals surface area (Å²) in [5, 5.41) is 9.77. The molecule has 0 radical (unpaired) electrons. The zero-order valence-electron chi connectivity index (χ0n) is 8.82. The molecule has 0 saturated heterocycles. The number of rotatable bonds is 2. The number of nitrogens with zero attached hydrogens (tertiary/aromatic N) is 2. The minimum Gasteiger partial charge on any atom is -0.493 e. The third-order valence-electron chi connectivity index (χ3n) is 2.20. The molecule has 0 atom stereocenters. The molecule has 0 fully saturated rings. The number of aromatic hydroxyl groups is 1. The normalized spacial score (nSPS) is 10.3. The molecule has 0 aromatic carbocycles. The Morgan fingerprint density at radius 2 is 2.28 bits per heavy atom. The van der Waals surface area contributed by atoms with Gasteiger partial charge in [-0.05, 0) is 12.1 Å². The number of H-pyrrole nitrogens is 1. The van der Waals surface area contributed by atoms with Gasteiger partial charge in [0.1, 0.15) is 5.69 Å². The molecule has 0 bridgehead atoms. The van der Waals surface area contributed by atoms with E-state index < -0.39 is 17.5 Å². The Balaban J connectivity index is 2.57. The highest BCUT2D eigenvalue weighted by Gasteiger charge is 2.21. The van der Waals surface area contributed by atoms with Crippen molar-refractivity contribution >= 4 is 35.0 Å². The Kier molecular flexibility index (Phi) is 3.30. The van der Waals surface area contributed by atoms with Gasteiger partial charge in [0.25, 0.3) is 5.91 Å². The summed E-state index contributed by atoms with van der Waals surface area (Å²) in [5.41, 5.74) is -0.672. The van der Waals surface area contributed by atoms with Crippen LogP contribution in [0.1, 0.15) is 16.1 Å². The number of pyridine rings is 1. The molecule has 2 heterocycles. The molecule has 2 aromatic rings. The maximum atomic E-state index is 12.0. The smallest absolute Gasteiger partial charge is 0.336 e. The maximum absolute atomic E-state index is 12.0. The average molecular weight is 281 g/mol. The third kappa shape index (κ3) is 2.07. The second kappa shape index (κ2) is 4.75. The number of aromatic nitrogens is 3. The lowest BCUT2D eigenvalue weighted by Crippen LogP contribution is -2.24. The Hall–Kier alpha value is -1.93. The molecule has 8 heteroatoms. The van der Waals surface area contributed by atoms with Crippen LogP contribution in [-0.2, 0) is 0 Å². The fourth-order valence-electron chi connectivity index (χ4n) is 1.38. The first-order valence-corrected chi connectivity index (χ1v) is 5.60. The Labute approximate surface area is 112 Å². The number of hydrogen-bond acceptors (Lipinski definition) is 5. The predicted octanol–water partition coefficient (Wildman–Crippen LogP) is 0.571. The van der Waals surface area contributed by atoms with Crippen molar-refractivity contribution in [1.82, 2.24) is 14.5 Å². The Bertz CT molecular complexity index is 675. The average Bonchev–Trinajstić information content (AvgIpc) is 2.65. The fraction of sp³-hybridized carbons (Fsp3) is 0. The summed E-state index contributed by atoms with van der Waals surface area (Å²) in [6.07, 6.45) is 2.78. The number of hydrogen-bond donors (Lipinski definition) is 3. The molecule has 2 rings (SSSR count). The van der Waals surface area contributed by atoms with Gasteiger partial charge in [-0.1, -0.05) is 12.2 Å². The van der Waals surface area contributed by atoms with E-state index in [2.05, 4.69) is 22.6 Å². The van der Waals surface area contributed by atoms with E-state index in [0.29, 0.717) is 4.57 Å². The summed E-state index contributed by atoms with van der Waals surface area (Å²) in [4.78, 5) is 29.6. The molecule has 0 saturated carbocycles. The van der Waals surface area contributed by atoms with Crippen molar-refractivity contribution < 1.29 is 9.90 Å². The molecule has 92 valence electrons. The number of thiol groups is 1. The van der Waals surface area contributed by atoms with Crippen molar-refractivity contribution in [2.45, 2.75) is 0 Å². The van der Waals surface area contributed by atoms with E-state index in [1.54, 1.807) is 6.07 Å². The highest BCUT2D eigenvalue weighted by molar-refractivity contribution is 8.11. The van der Waals surface area contributed by atoms with Crippen molar-refractivity contribution in [1.29, 1.82) is 0 Å². The van der Waals surface area contributed by atoms with Crippen LogP contribution in [-0.4, -0.2) is 29.7 Å². The molecular formula is C10H7N3O3S2. The molecule has 0 spiro atoms. The van der Waals surface area contributed by atoms with E-state index in [4.69, 9.17) is 12.2 Å². The molecule has 0 amide bonds. The summed E-state index contributed by atoms with van der Waals surface area (Å²) >= 11 is 8.56. The summed E-state index contributed by atoms with van der Waals surface area (Å²) < 4.78 is 0.567. The van der Waals surface area contributed by atoms with E-state index in [1.807, 2.05) is 0 Å². The van der Waals surface area contributed by atoms with Gasteiger partial charge in [0.05, 0.1) is 9.76 Å². The number of carbonyl (C=O) groups is 1. The first-order valence-electron chi connectivity index (χ1n) is 4.74. The number of nitrogens with one attached hydrogen (secondary N) is 1. The quantitative estimate of drug-likeness (QED) is 0.553. The van der Waals surface area contributed by atoms with Crippen LogP contribution in [0.15, 0.2) is 29.3 Å². The first-order chi connectivity index (χ1) is 8.52. The van der Waals surface area contributed by atoms with Gasteiger partial charge < -0.3 is 10.1 Å². The van der Waals surface area contributed by atoms with Crippen molar-refractivity contribution in [3.8, 4) is 5.88 Å². The minimum absolute atomic E-state index is 0.0117. The van der Waals surface area contributed by atoms with E-state index in [-0.39, 0.29) is 15.5 Å². The second-order valence-corrected chi connectivity index (χ2v) is 4.47. The summed E-state index contributed by atoms with van der Waals surface area (Å²) in [6, 6.07) is 3.03. The lowest BCUT2D eigenvalue weighted by Gasteiger charge is -2.01. The Morgan fingerprint density at radius 1 is 1.56 bits per heavy atom. The number of aromatic amines is 1. The summed E-state index contributed by atoms with van der Waals surface area (Å²) in [7, 11) is 0. The van der Waals surface area contributed by atoms with Gasteiger partial charge in [-0.3, -0.25) is 9.78 Å². The minimum atomic E-state index is -0.784. The van der Waals surface area contributed by atoms with Gasteiger partial charge in [0.2, 0.25) is 5.88 Å². The SMILES string of the molecule is O=C(c1cccnc1)n1c(O)c(C(=S)S)[nH]c1=O. The highest BCUT2D eigenvalue weighted by atomic mass is 32.1. The number of thiocarbonyl (C=S) groups is 1. The molecule has 2 N–H and O–H groups in total. The fourth-order valence-corrected chi connectivity index (χ4v) is 1.68. The third-order valence-corrected chi connectivity index (χ3v) is 2.62. The Morgan fingerprint density at radius 3 is 2.78 bits per heavy atom. The van der Waals surface area contributed by atoms with Crippen LogP contribution in [0.3, 0.4) is 0 Å². The van der Waals surface area contributed by atoms with Gasteiger partial charge in [-0.15, -0.1) is 12.6 Å². The zero-order chi connectivity index (χ0) is 13.3. The molecule has 0 aliphatic carbocycles. The van der Waals surface area contributed by atoms with E-state index in [9.17, 15) is 14.7 Å². The van der Waals surface area contributed by atoms with Gasteiger partial charge in [-0.2, -0.15) is 4.57 Å². The van der Waals surface area contributed by atoms with Crippen LogP contribution in [0.5, 0.6) is 5.88 Å². The van der Waals surface area contributed by atoms with E-state index in [0.717, 1.165) is 0 Å². The van der Waals surface area contributed by atoms with Crippen molar-refractivity contribution in [2.24, 2.45) is 0 Å². The maximum Gasteiger partial charge on any atom is 0.336 e. The highest BCUT2D eigenvalue weighted by Crippen LogP contribution is 2.16. The topological polar surface area (TPSA) is 88.0 Å². The van der Waals surface area contributed by atoms with Crippen molar-refractivity contribution in [3.63, 3.8) is 0 Å². The van der Waals surface area contributed by atoms with Gasteiger partial charge in [0.15, 0.2) is 0 Å². The predicted molar refractivity (Wildman–Crippen MR) is 71.4 cm³/mol. The molecule has 0 unspecified atom stereocenters. The van der Waals surface area contributed by atoms with E-state index >= 15 is 0 Å².